The summed E-state index contributed by atoms with van der Waals surface area (Å²) in [7, 11) is 0. The lowest BCUT2D eigenvalue weighted by Crippen LogP contribution is -2.29. The van der Waals surface area contributed by atoms with E-state index in [1.54, 1.807) is 23.1 Å². The van der Waals surface area contributed by atoms with Gasteiger partial charge in [0.2, 0.25) is 0 Å². The van der Waals surface area contributed by atoms with E-state index >= 15 is 0 Å². The van der Waals surface area contributed by atoms with E-state index in [4.69, 9.17) is 9.72 Å². The molecule has 5 rings (SSSR count). The third-order valence-electron chi connectivity index (χ3n) is 5.75. The number of aryl methyl sites for hydroxylation is 2. The predicted octanol–water partition coefficient (Wildman–Crippen LogP) is 4.98. The van der Waals surface area contributed by atoms with Gasteiger partial charge in [0.05, 0.1) is 18.0 Å². The number of hydrogen-bond acceptors (Lipinski definition) is 5. The molecule has 0 saturated carbocycles. The summed E-state index contributed by atoms with van der Waals surface area (Å²) in [5, 5.41) is 1.92. The molecule has 2 atom stereocenters. The van der Waals surface area contributed by atoms with E-state index in [2.05, 4.69) is 31.2 Å². The van der Waals surface area contributed by atoms with Crippen molar-refractivity contribution in [1.82, 2.24) is 9.55 Å². The van der Waals surface area contributed by atoms with E-state index in [1.165, 1.54) is 16.0 Å². The second kappa shape index (κ2) is 7.65. The number of rotatable bonds is 5. The number of aromatic nitrogens is 2. The monoisotopic (exact) mass is 412 g/mol. The molecule has 146 valence electrons. The highest BCUT2D eigenvalue weighted by Crippen LogP contribution is 2.38. The molecule has 1 aliphatic carbocycles. The molecule has 4 nitrogen and oxygen atoms in total. The van der Waals surface area contributed by atoms with Gasteiger partial charge in [-0.15, -0.1) is 11.3 Å². The number of thioether (sulfide) groups is 1. The molecule has 6 heteroatoms. The summed E-state index contributed by atoms with van der Waals surface area (Å²) in [5.74, 6) is 0. The first-order valence-electron chi connectivity index (χ1n) is 10.1. The van der Waals surface area contributed by atoms with Crippen molar-refractivity contribution in [2.45, 2.75) is 62.1 Å². The summed E-state index contributed by atoms with van der Waals surface area (Å²) < 4.78 is 7.75. The molecule has 28 heavy (non-hydrogen) atoms. The number of nitrogens with zero attached hydrogens (tertiary/aromatic N) is 2. The van der Waals surface area contributed by atoms with Crippen LogP contribution in [-0.4, -0.2) is 22.3 Å². The standard InChI is InChI=1S/C22H24N2O2S2/c1-14(15-7-3-2-4-8-15)27-22-23-20-19(17-10-5-11-18(17)28-20)21(25)24(22)13-16-9-6-12-26-16/h2-4,7-8,14,16H,5-6,9-13H2,1H3/t14-,16+/m1/s1. The summed E-state index contributed by atoms with van der Waals surface area (Å²) in [6.07, 6.45) is 5.47. The lowest BCUT2D eigenvalue weighted by molar-refractivity contribution is 0.0937. The van der Waals surface area contributed by atoms with Crippen LogP contribution in [0.15, 0.2) is 40.3 Å². The fraction of sp³-hybridized carbons (Fsp3) is 0.455. The maximum absolute atomic E-state index is 13.5. The summed E-state index contributed by atoms with van der Waals surface area (Å²) in [4.78, 5) is 20.8. The largest absolute Gasteiger partial charge is 0.376 e. The molecule has 3 heterocycles. The summed E-state index contributed by atoms with van der Waals surface area (Å²) in [5.41, 5.74) is 2.63. The highest BCUT2D eigenvalue weighted by molar-refractivity contribution is 7.99. The maximum Gasteiger partial charge on any atom is 0.263 e. The van der Waals surface area contributed by atoms with Crippen molar-refractivity contribution < 1.29 is 4.74 Å². The minimum absolute atomic E-state index is 0.120. The van der Waals surface area contributed by atoms with Crippen molar-refractivity contribution in [3.05, 3.63) is 56.7 Å². The van der Waals surface area contributed by atoms with Crippen LogP contribution in [0.2, 0.25) is 0 Å². The number of ether oxygens (including phenoxy) is 1. The summed E-state index contributed by atoms with van der Waals surface area (Å²) in [6.45, 7) is 3.59. The van der Waals surface area contributed by atoms with Gasteiger partial charge >= 0.3 is 0 Å². The topological polar surface area (TPSA) is 44.1 Å². The van der Waals surface area contributed by atoms with Gasteiger partial charge in [0.15, 0.2) is 5.16 Å². The molecule has 2 aromatic heterocycles. The predicted molar refractivity (Wildman–Crippen MR) is 116 cm³/mol. The van der Waals surface area contributed by atoms with Gasteiger partial charge in [0.25, 0.3) is 5.56 Å². The molecule has 0 N–H and O–H groups in total. The summed E-state index contributed by atoms with van der Waals surface area (Å²) >= 11 is 3.40. The first-order chi connectivity index (χ1) is 13.7. The molecule has 0 radical (unpaired) electrons. The third-order valence-corrected chi connectivity index (χ3v) is 8.09. The van der Waals surface area contributed by atoms with Crippen LogP contribution in [0.4, 0.5) is 0 Å². The van der Waals surface area contributed by atoms with E-state index in [0.29, 0.717) is 6.54 Å². The number of thiophene rings is 1. The van der Waals surface area contributed by atoms with Crippen LogP contribution < -0.4 is 5.56 Å². The van der Waals surface area contributed by atoms with Gasteiger partial charge in [-0.05, 0) is 50.2 Å². The molecule has 0 spiro atoms. The zero-order chi connectivity index (χ0) is 19.1. The van der Waals surface area contributed by atoms with Gasteiger partial charge in [-0.1, -0.05) is 42.1 Å². The highest BCUT2D eigenvalue weighted by atomic mass is 32.2. The van der Waals surface area contributed by atoms with Crippen molar-refractivity contribution in [3.8, 4) is 0 Å². The highest BCUT2D eigenvalue weighted by Gasteiger charge is 2.26. The first kappa shape index (κ1) is 18.4. The zero-order valence-corrected chi connectivity index (χ0v) is 17.7. The number of hydrogen-bond donors (Lipinski definition) is 0. The van der Waals surface area contributed by atoms with Crippen LogP contribution in [0.3, 0.4) is 0 Å². The Labute approximate surface area is 172 Å². The average molecular weight is 413 g/mol. The van der Waals surface area contributed by atoms with Crippen molar-refractivity contribution in [3.63, 3.8) is 0 Å². The Hall–Kier alpha value is -1.63. The van der Waals surface area contributed by atoms with E-state index in [0.717, 1.165) is 54.1 Å². The van der Waals surface area contributed by atoms with Gasteiger partial charge < -0.3 is 4.74 Å². The fourth-order valence-corrected chi connectivity index (χ4v) is 6.60. The molecular formula is C22H24N2O2S2. The molecule has 0 unspecified atom stereocenters. The smallest absolute Gasteiger partial charge is 0.263 e. The first-order valence-corrected chi connectivity index (χ1v) is 11.8. The Bertz CT molecular complexity index is 1050. The molecule has 2 aliphatic rings. The normalized spacial score (nSPS) is 20.0. The van der Waals surface area contributed by atoms with Gasteiger partial charge in [0, 0.05) is 16.7 Å². The average Bonchev–Trinajstić information content (AvgIpc) is 3.43. The molecule has 3 aromatic rings. The van der Waals surface area contributed by atoms with Crippen LogP contribution in [0.5, 0.6) is 0 Å². The van der Waals surface area contributed by atoms with Gasteiger partial charge in [0.1, 0.15) is 4.83 Å². The van der Waals surface area contributed by atoms with E-state index in [1.807, 2.05) is 10.6 Å². The lowest BCUT2D eigenvalue weighted by Gasteiger charge is -2.18. The second-order valence-electron chi connectivity index (χ2n) is 7.65. The van der Waals surface area contributed by atoms with Crippen LogP contribution in [0, 0.1) is 0 Å². The maximum atomic E-state index is 13.5. The molecular weight excluding hydrogens is 388 g/mol. The van der Waals surface area contributed by atoms with Gasteiger partial charge in [-0.25, -0.2) is 4.98 Å². The molecule has 0 amide bonds. The Morgan fingerprint density at radius 2 is 2.14 bits per heavy atom. The molecule has 1 aliphatic heterocycles. The molecule has 1 saturated heterocycles. The van der Waals surface area contributed by atoms with Crippen LogP contribution in [0.1, 0.15) is 47.4 Å². The van der Waals surface area contributed by atoms with E-state index < -0.39 is 0 Å². The molecule has 1 fully saturated rings. The van der Waals surface area contributed by atoms with Crippen LogP contribution in [0.25, 0.3) is 10.2 Å². The third kappa shape index (κ3) is 3.31. The summed E-state index contributed by atoms with van der Waals surface area (Å²) in [6, 6.07) is 10.4. The van der Waals surface area contributed by atoms with Crippen LogP contribution in [-0.2, 0) is 24.1 Å². The Morgan fingerprint density at radius 1 is 1.29 bits per heavy atom. The van der Waals surface area contributed by atoms with Gasteiger partial charge in [-0.2, -0.15) is 0 Å². The minimum Gasteiger partial charge on any atom is -0.376 e. The van der Waals surface area contributed by atoms with Crippen LogP contribution >= 0.6 is 23.1 Å². The molecule has 1 aromatic carbocycles. The van der Waals surface area contributed by atoms with Crippen molar-refractivity contribution in [2.24, 2.45) is 0 Å². The number of fused-ring (bicyclic) bond motifs is 3. The van der Waals surface area contributed by atoms with Crippen molar-refractivity contribution >= 4 is 33.3 Å². The van der Waals surface area contributed by atoms with Gasteiger partial charge in [-0.3, -0.25) is 9.36 Å². The fourth-order valence-electron chi connectivity index (χ4n) is 4.25. The molecule has 0 bridgehead atoms. The van der Waals surface area contributed by atoms with Crippen molar-refractivity contribution in [2.75, 3.05) is 6.61 Å². The Kier molecular flexibility index (Phi) is 5.03. The zero-order valence-electron chi connectivity index (χ0n) is 16.0. The lowest BCUT2D eigenvalue weighted by atomic mass is 10.2. The van der Waals surface area contributed by atoms with Crippen molar-refractivity contribution in [1.29, 1.82) is 0 Å². The van der Waals surface area contributed by atoms with E-state index in [-0.39, 0.29) is 16.9 Å². The second-order valence-corrected chi connectivity index (χ2v) is 10.0. The quantitative estimate of drug-likeness (QED) is 0.438. The SMILES string of the molecule is C[C@@H](Sc1nc2sc3c(c2c(=O)n1C[C@@H]1CCCO1)CCC3)c1ccccc1. The Morgan fingerprint density at radius 3 is 2.93 bits per heavy atom. The Balaban J connectivity index is 1.58. The number of benzene rings is 1. The minimum atomic E-state index is 0.120. The van der Waals surface area contributed by atoms with E-state index in [9.17, 15) is 4.79 Å².